The van der Waals surface area contributed by atoms with Gasteiger partial charge in [0.05, 0.1) is 24.8 Å². The fourth-order valence-electron chi connectivity index (χ4n) is 4.98. The van der Waals surface area contributed by atoms with Crippen LogP contribution in [-0.2, 0) is 32.6 Å². The molecule has 9 nitrogen and oxygen atoms in total. The van der Waals surface area contributed by atoms with E-state index in [0.29, 0.717) is 34.3 Å². The van der Waals surface area contributed by atoms with Gasteiger partial charge in [-0.3, -0.25) is 13.9 Å². The number of methoxy groups -OCH3 is 2. The van der Waals surface area contributed by atoms with Gasteiger partial charge in [-0.1, -0.05) is 84.7 Å². The first-order valence-electron chi connectivity index (χ1n) is 14.9. The van der Waals surface area contributed by atoms with Gasteiger partial charge < -0.3 is 19.7 Å². The Labute approximate surface area is 286 Å². The van der Waals surface area contributed by atoms with Crippen LogP contribution in [0.2, 0.25) is 10.0 Å². The van der Waals surface area contributed by atoms with E-state index in [1.807, 2.05) is 37.3 Å². The SMILES string of the molecule is CCCNC(=O)[C@@H](Cc1ccccc1)N(Cc1ccc(Cl)cc1Cl)C(=O)CN(c1cc(OC)ccc1OC)S(=O)(=O)c1ccccc1. The molecule has 1 N–H and O–H groups in total. The van der Waals surface area contributed by atoms with Crippen LogP contribution in [0.1, 0.15) is 24.5 Å². The maximum absolute atomic E-state index is 14.7. The Kier molecular flexibility index (Phi) is 12.5. The van der Waals surface area contributed by atoms with E-state index in [1.165, 1.54) is 37.3 Å². The molecule has 0 bridgehead atoms. The predicted molar refractivity (Wildman–Crippen MR) is 185 cm³/mol. The van der Waals surface area contributed by atoms with Gasteiger partial charge in [-0.25, -0.2) is 8.42 Å². The highest BCUT2D eigenvalue weighted by Crippen LogP contribution is 2.36. The lowest BCUT2D eigenvalue weighted by atomic mass is 10.0. The lowest BCUT2D eigenvalue weighted by Gasteiger charge is -2.34. The number of hydrogen-bond acceptors (Lipinski definition) is 6. The van der Waals surface area contributed by atoms with Crippen LogP contribution in [0.15, 0.2) is 102 Å². The molecule has 248 valence electrons. The van der Waals surface area contributed by atoms with Gasteiger partial charge in [0.2, 0.25) is 11.8 Å². The molecule has 0 aliphatic rings. The van der Waals surface area contributed by atoms with Crippen LogP contribution in [0.5, 0.6) is 11.5 Å². The van der Waals surface area contributed by atoms with Crippen LogP contribution in [0.25, 0.3) is 0 Å². The second-order valence-electron chi connectivity index (χ2n) is 10.6. The molecule has 0 radical (unpaired) electrons. The van der Waals surface area contributed by atoms with Crippen molar-refractivity contribution in [2.45, 2.75) is 37.2 Å². The molecule has 0 aliphatic carbocycles. The van der Waals surface area contributed by atoms with Crippen LogP contribution in [0.4, 0.5) is 5.69 Å². The van der Waals surface area contributed by atoms with Gasteiger partial charge in [-0.15, -0.1) is 0 Å². The molecule has 4 rings (SSSR count). The molecule has 0 aliphatic heterocycles. The zero-order chi connectivity index (χ0) is 34.0. The molecule has 47 heavy (non-hydrogen) atoms. The molecule has 2 amide bonds. The number of halogens is 2. The van der Waals surface area contributed by atoms with Crippen LogP contribution in [0.3, 0.4) is 0 Å². The van der Waals surface area contributed by atoms with Crippen molar-refractivity contribution < 1.29 is 27.5 Å². The highest BCUT2D eigenvalue weighted by atomic mass is 35.5. The largest absolute Gasteiger partial charge is 0.497 e. The van der Waals surface area contributed by atoms with E-state index in [0.717, 1.165) is 9.87 Å². The van der Waals surface area contributed by atoms with Crippen molar-refractivity contribution in [3.63, 3.8) is 0 Å². The Balaban J connectivity index is 1.87. The molecule has 1 atom stereocenters. The maximum Gasteiger partial charge on any atom is 0.264 e. The van der Waals surface area contributed by atoms with E-state index in [2.05, 4.69) is 5.32 Å². The number of amides is 2. The monoisotopic (exact) mass is 697 g/mol. The van der Waals surface area contributed by atoms with E-state index in [9.17, 15) is 18.0 Å². The number of benzene rings is 4. The minimum Gasteiger partial charge on any atom is -0.497 e. The van der Waals surface area contributed by atoms with Crippen molar-refractivity contribution in [1.82, 2.24) is 10.2 Å². The first-order chi connectivity index (χ1) is 22.6. The third-order valence-electron chi connectivity index (χ3n) is 7.44. The third kappa shape index (κ3) is 8.97. The molecule has 0 spiro atoms. The average Bonchev–Trinajstić information content (AvgIpc) is 3.08. The zero-order valence-corrected chi connectivity index (χ0v) is 28.7. The van der Waals surface area contributed by atoms with Crippen LogP contribution in [0, 0.1) is 0 Å². The lowest BCUT2D eigenvalue weighted by molar-refractivity contribution is -0.140. The van der Waals surface area contributed by atoms with Crippen molar-refractivity contribution >= 4 is 50.7 Å². The van der Waals surface area contributed by atoms with E-state index in [1.54, 1.807) is 48.5 Å². The van der Waals surface area contributed by atoms with Crippen molar-refractivity contribution in [3.05, 3.63) is 118 Å². The first kappa shape index (κ1) is 35.6. The molecular weight excluding hydrogens is 661 g/mol. The van der Waals surface area contributed by atoms with E-state index < -0.39 is 28.5 Å². The molecule has 12 heteroatoms. The van der Waals surface area contributed by atoms with Crippen LogP contribution >= 0.6 is 23.2 Å². The number of sulfonamides is 1. The van der Waals surface area contributed by atoms with Gasteiger partial charge in [0.25, 0.3) is 10.0 Å². The normalized spacial score (nSPS) is 11.8. The number of hydrogen-bond donors (Lipinski definition) is 1. The van der Waals surface area contributed by atoms with E-state index in [-0.39, 0.29) is 35.2 Å². The lowest BCUT2D eigenvalue weighted by Crippen LogP contribution is -2.53. The quantitative estimate of drug-likeness (QED) is 0.155. The number of nitrogens with one attached hydrogen (secondary N) is 1. The average molecular weight is 699 g/mol. The summed E-state index contributed by atoms with van der Waals surface area (Å²) in [5.74, 6) is -0.474. The summed E-state index contributed by atoms with van der Waals surface area (Å²) in [5.41, 5.74) is 1.43. The predicted octanol–water partition coefficient (Wildman–Crippen LogP) is 6.37. The maximum atomic E-state index is 14.7. The number of carbonyl (C=O) groups is 2. The van der Waals surface area contributed by atoms with Crippen molar-refractivity contribution in [3.8, 4) is 11.5 Å². The van der Waals surface area contributed by atoms with Crippen LogP contribution < -0.4 is 19.1 Å². The van der Waals surface area contributed by atoms with E-state index >= 15 is 0 Å². The van der Waals surface area contributed by atoms with Crippen molar-refractivity contribution in [2.24, 2.45) is 0 Å². The minimum absolute atomic E-state index is 0.0357. The molecule has 0 heterocycles. The van der Waals surface area contributed by atoms with Crippen LogP contribution in [-0.4, -0.2) is 58.5 Å². The summed E-state index contributed by atoms with van der Waals surface area (Å²) in [5, 5.41) is 3.62. The van der Waals surface area contributed by atoms with Gasteiger partial charge in [0.1, 0.15) is 24.1 Å². The molecule has 0 fully saturated rings. The number of rotatable bonds is 15. The second kappa shape index (κ2) is 16.5. The number of anilines is 1. The Morgan fingerprint density at radius 3 is 2.17 bits per heavy atom. The van der Waals surface area contributed by atoms with Gasteiger partial charge in [-0.05, 0) is 53.9 Å². The third-order valence-corrected chi connectivity index (χ3v) is 9.80. The standard InChI is InChI=1S/C35H37Cl2N3O6S/c1-4-19-38-35(42)32(20-25-11-7-5-8-12-25)39(23-26-15-16-27(36)21-30(26)37)34(41)24-40(47(43,44)29-13-9-6-10-14-29)31-22-28(45-2)17-18-33(31)46-3/h5-18,21-22,32H,4,19-20,23-24H2,1-3H3,(H,38,42)/t32-/m1/s1. The molecule has 0 saturated heterocycles. The number of nitrogens with zero attached hydrogens (tertiary/aromatic N) is 2. The molecule has 0 aromatic heterocycles. The second-order valence-corrected chi connectivity index (χ2v) is 13.3. The summed E-state index contributed by atoms with van der Waals surface area (Å²) < 4.78 is 40.5. The first-order valence-corrected chi connectivity index (χ1v) is 17.1. The minimum atomic E-state index is -4.34. The Morgan fingerprint density at radius 1 is 0.872 bits per heavy atom. The van der Waals surface area contributed by atoms with Gasteiger partial charge in [-0.2, -0.15) is 0 Å². The summed E-state index contributed by atoms with van der Waals surface area (Å²) in [6, 6.07) is 25.6. The molecule has 4 aromatic rings. The summed E-state index contributed by atoms with van der Waals surface area (Å²) in [6.45, 7) is 1.55. The number of ether oxygens (including phenoxy) is 2. The van der Waals surface area contributed by atoms with Gasteiger partial charge >= 0.3 is 0 Å². The summed E-state index contributed by atoms with van der Waals surface area (Å²) in [4.78, 5) is 29.8. The Bertz CT molecular complexity index is 1780. The van der Waals surface area contributed by atoms with Crippen molar-refractivity contribution in [1.29, 1.82) is 0 Å². The molecule has 4 aromatic carbocycles. The Morgan fingerprint density at radius 2 is 1.55 bits per heavy atom. The summed E-state index contributed by atoms with van der Waals surface area (Å²) in [7, 11) is -1.48. The summed E-state index contributed by atoms with van der Waals surface area (Å²) >= 11 is 12.7. The Hall–Kier alpha value is -4.25. The zero-order valence-electron chi connectivity index (χ0n) is 26.4. The topological polar surface area (TPSA) is 105 Å². The number of carbonyl (C=O) groups excluding carboxylic acids is 2. The van der Waals surface area contributed by atoms with E-state index in [4.69, 9.17) is 32.7 Å². The molecule has 0 saturated carbocycles. The molecule has 0 unspecified atom stereocenters. The summed E-state index contributed by atoms with van der Waals surface area (Å²) in [6.07, 6.45) is 0.848. The molecular formula is C35H37Cl2N3O6S. The smallest absolute Gasteiger partial charge is 0.264 e. The highest BCUT2D eigenvalue weighted by Gasteiger charge is 2.36. The highest BCUT2D eigenvalue weighted by molar-refractivity contribution is 7.92. The fraction of sp³-hybridized carbons (Fsp3) is 0.257. The fourth-order valence-corrected chi connectivity index (χ4v) is 6.88. The van der Waals surface area contributed by atoms with Crippen molar-refractivity contribution in [2.75, 3.05) is 31.6 Å². The van der Waals surface area contributed by atoms with Gasteiger partial charge in [0, 0.05) is 35.6 Å². The van der Waals surface area contributed by atoms with Gasteiger partial charge in [0.15, 0.2) is 0 Å².